The van der Waals surface area contributed by atoms with Crippen LogP contribution in [0.3, 0.4) is 0 Å². The van der Waals surface area contributed by atoms with E-state index in [9.17, 15) is 10.1 Å². The number of benzene rings is 2. The predicted molar refractivity (Wildman–Crippen MR) is 122 cm³/mol. The SMILES string of the molecule is Cc1ccccc1Nc1nc(N/N=C/c2cccc([N+](=O)[O-])c2)nc(N2CCOCC2)n1. The van der Waals surface area contributed by atoms with Gasteiger partial charge in [0, 0.05) is 36.5 Å². The molecular weight excluding hydrogens is 412 g/mol. The number of anilines is 4. The first-order valence-corrected chi connectivity index (χ1v) is 10.0. The molecule has 1 fully saturated rings. The van der Waals surface area contributed by atoms with Gasteiger partial charge >= 0.3 is 0 Å². The molecule has 0 radical (unpaired) electrons. The van der Waals surface area contributed by atoms with E-state index in [2.05, 4.69) is 30.8 Å². The van der Waals surface area contributed by atoms with Crippen molar-refractivity contribution in [3.63, 3.8) is 0 Å². The lowest BCUT2D eigenvalue weighted by Crippen LogP contribution is -2.37. The summed E-state index contributed by atoms with van der Waals surface area (Å²) in [7, 11) is 0. The number of aryl methyl sites for hydroxylation is 1. The van der Waals surface area contributed by atoms with E-state index < -0.39 is 4.92 Å². The van der Waals surface area contributed by atoms with E-state index in [4.69, 9.17) is 4.74 Å². The first-order chi connectivity index (χ1) is 15.6. The molecule has 0 amide bonds. The number of rotatable bonds is 7. The van der Waals surface area contributed by atoms with Crippen molar-refractivity contribution in [3.8, 4) is 0 Å². The Kier molecular flexibility index (Phi) is 6.46. The highest BCUT2D eigenvalue weighted by molar-refractivity contribution is 5.81. The largest absolute Gasteiger partial charge is 0.378 e. The molecule has 1 aliphatic rings. The topological polar surface area (TPSA) is 131 Å². The summed E-state index contributed by atoms with van der Waals surface area (Å²) in [5.41, 5.74) is 5.31. The summed E-state index contributed by atoms with van der Waals surface area (Å²) in [6, 6.07) is 14.0. The minimum absolute atomic E-state index is 0.00608. The molecule has 0 bridgehead atoms. The van der Waals surface area contributed by atoms with Gasteiger partial charge < -0.3 is 15.0 Å². The second-order valence-corrected chi connectivity index (χ2v) is 7.04. The van der Waals surface area contributed by atoms with Crippen LogP contribution in [0.2, 0.25) is 0 Å². The molecule has 2 N–H and O–H groups in total. The van der Waals surface area contributed by atoms with Crippen LogP contribution in [0.1, 0.15) is 11.1 Å². The van der Waals surface area contributed by atoms with Crippen LogP contribution in [-0.4, -0.2) is 52.4 Å². The molecule has 2 heterocycles. The fourth-order valence-electron chi connectivity index (χ4n) is 3.09. The molecule has 164 valence electrons. The number of ether oxygens (including phenoxy) is 1. The summed E-state index contributed by atoms with van der Waals surface area (Å²) in [6.07, 6.45) is 1.47. The Morgan fingerprint density at radius 3 is 2.66 bits per heavy atom. The van der Waals surface area contributed by atoms with Crippen LogP contribution in [0.5, 0.6) is 0 Å². The molecule has 0 aliphatic carbocycles. The van der Waals surface area contributed by atoms with Gasteiger partial charge in [-0.2, -0.15) is 20.1 Å². The third kappa shape index (κ3) is 5.32. The standard InChI is InChI=1S/C21H22N8O3/c1-15-5-2-3-8-18(15)23-19-24-20(26-21(25-19)28-9-11-32-12-10-28)27-22-14-16-6-4-7-17(13-16)29(30)31/h2-8,13-14H,9-12H2,1H3,(H2,23,24,25,26,27)/b22-14+. The Hall–Kier alpha value is -4.12. The molecule has 32 heavy (non-hydrogen) atoms. The Balaban J connectivity index is 1.57. The van der Waals surface area contributed by atoms with E-state index in [0.717, 1.165) is 11.3 Å². The van der Waals surface area contributed by atoms with Gasteiger partial charge in [0.15, 0.2) is 0 Å². The fraction of sp³-hybridized carbons (Fsp3) is 0.238. The summed E-state index contributed by atoms with van der Waals surface area (Å²) in [5.74, 6) is 1.13. The minimum Gasteiger partial charge on any atom is -0.378 e. The zero-order valence-electron chi connectivity index (χ0n) is 17.4. The van der Waals surface area contributed by atoms with Gasteiger partial charge in [0.05, 0.1) is 24.4 Å². The summed E-state index contributed by atoms with van der Waals surface area (Å²) >= 11 is 0. The first kappa shape index (κ1) is 21.1. The van der Waals surface area contributed by atoms with E-state index in [1.54, 1.807) is 12.1 Å². The van der Waals surface area contributed by atoms with Crippen LogP contribution >= 0.6 is 0 Å². The van der Waals surface area contributed by atoms with Crippen LogP contribution in [0.25, 0.3) is 0 Å². The number of non-ortho nitro benzene ring substituents is 1. The summed E-state index contributed by atoms with van der Waals surface area (Å²) < 4.78 is 5.42. The highest BCUT2D eigenvalue weighted by Crippen LogP contribution is 2.21. The van der Waals surface area contributed by atoms with Crippen LogP contribution in [0.15, 0.2) is 53.6 Å². The monoisotopic (exact) mass is 434 g/mol. The van der Waals surface area contributed by atoms with Crippen LogP contribution in [-0.2, 0) is 4.74 Å². The van der Waals surface area contributed by atoms with E-state index in [0.29, 0.717) is 43.8 Å². The van der Waals surface area contributed by atoms with Crippen molar-refractivity contribution in [3.05, 3.63) is 69.8 Å². The highest BCUT2D eigenvalue weighted by atomic mass is 16.6. The molecule has 0 atom stereocenters. The molecule has 4 rings (SSSR count). The molecule has 0 spiro atoms. The zero-order valence-corrected chi connectivity index (χ0v) is 17.4. The van der Waals surface area contributed by atoms with Gasteiger partial charge in [0.1, 0.15) is 0 Å². The predicted octanol–water partition coefficient (Wildman–Crippen LogP) is 3.11. The Morgan fingerprint density at radius 2 is 1.88 bits per heavy atom. The van der Waals surface area contributed by atoms with Gasteiger partial charge in [0.25, 0.3) is 5.69 Å². The molecule has 1 aliphatic heterocycles. The van der Waals surface area contributed by atoms with E-state index in [1.165, 1.54) is 18.3 Å². The van der Waals surface area contributed by atoms with Crippen LogP contribution in [0.4, 0.5) is 29.2 Å². The lowest BCUT2D eigenvalue weighted by Gasteiger charge is -2.27. The van der Waals surface area contributed by atoms with E-state index >= 15 is 0 Å². The van der Waals surface area contributed by atoms with Gasteiger partial charge in [-0.15, -0.1) is 0 Å². The first-order valence-electron chi connectivity index (χ1n) is 10.0. The van der Waals surface area contributed by atoms with Gasteiger partial charge in [-0.05, 0) is 18.6 Å². The van der Waals surface area contributed by atoms with Crippen molar-refractivity contribution >= 4 is 35.4 Å². The highest BCUT2D eigenvalue weighted by Gasteiger charge is 2.17. The summed E-state index contributed by atoms with van der Waals surface area (Å²) in [6.45, 7) is 4.53. The van der Waals surface area contributed by atoms with Gasteiger partial charge in [-0.3, -0.25) is 10.1 Å². The number of nitro benzene ring substituents is 1. The Labute approximate surface area is 184 Å². The maximum atomic E-state index is 10.9. The lowest BCUT2D eigenvalue weighted by molar-refractivity contribution is -0.384. The number of nitro groups is 1. The van der Waals surface area contributed by atoms with Gasteiger partial charge in [-0.1, -0.05) is 30.3 Å². The van der Waals surface area contributed by atoms with Crippen molar-refractivity contribution in [1.29, 1.82) is 0 Å². The average molecular weight is 434 g/mol. The number of hydrogen-bond donors (Lipinski definition) is 2. The smallest absolute Gasteiger partial charge is 0.270 e. The van der Waals surface area contributed by atoms with Crippen LogP contribution in [0, 0.1) is 17.0 Å². The normalized spacial score (nSPS) is 13.8. The molecule has 3 aromatic rings. The Morgan fingerprint density at radius 1 is 1.09 bits per heavy atom. The maximum Gasteiger partial charge on any atom is 0.270 e. The number of nitrogens with zero attached hydrogens (tertiary/aromatic N) is 6. The van der Waals surface area contributed by atoms with Gasteiger partial charge in [0.2, 0.25) is 17.8 Å². The Bertz CT molecular complexity index is 1130. The molecule has 1 aromatic heterocycles. The molecule has 0 unspecified atom stereocenters. The minimum atomic E-state index is -0.450. The second kappa shape index (κ2) is 9.79. The van der Waals surface area contributed by atoms with Crippen molar-refractivity contribution in [2.75, 3.05) is 41.9 Å². The number of morpholine rings is 1. The lowest BCUT2D eigenvalue weighted by atomic mass is 10.2. The number of hydrazone groups is 1. The van der Waals surface area contributed by atoms with Gasteiger partial charge in [-0.25, -0.2) is 5.43 Å². The molecule has 11 nitrogen and oxygen atoms in total. The molecular formula is C21H22N8O3. The number of hydrogen-bond acceptors (Lipinski definition) is 10. The average Bonchev–Trinajstić information content (AvgIpc) is 2.81. The molecule has 11 heteroatoms. The quantitative estimate of drug-likeness (QED) is 0.327. The summed E-state index contributed by atoms with van der Waals surface area (Å²) in [5, 5.41) is 18.3. The second-order valence-electron chi connectivity index (χ2n) is 7.04. The number of nitrogens with one attached hydrogen (secondary N) is 2. The third-order valence-electron chi connectivity index (χ3n) is 4.77. The number of aromatic nitrogens is 3. The third-order valence-corrected chi connectivity index (χ3v) is 4.77. The maximum absolute atomic E-state index is 10.9. The zero-order chi connectivity index (χ0) is 22.3. The molecule has 1 saturated heterocycles. The van der Waals surface area contributed by atoms with Crippen molar-refractivity contribution in [1.82, 2.24) is 15.0 Å². The summed E-state index contributed by atoms with van der Waals surface area (Å²) in [4.78, 5) is 26.0. The van der Waals surface area contributed by atoms with E-state index in [1.807, 2.05) is 36.1 Å². The molecule has 2 aromatic carbocycles. The molecule has 0 saturated carbocycles. The van der Waals surface area contributed by atoms with Crippen molar-refractivity contribution in [2.24, 2.45) is 5.10 Å². The van der Waals surface area contributed by atoms with Crippen molar-refractivity contribution < 1.29 is 9.66 Å². The van der Waals surface area contributed by atoms with Crippen molar-refractivity contribution in [2.45, 2.75) is 6.92 Å². The fourth-order valence-corrected chi connectivity index (χ4v) is 3.09. The number of para-hydroxylation sites is 1. The van der Waals surface area contributed by atoms with Crippen LogP contribution < -0.4 is 15.6 Å². The van der Waals surface area contributed by atoms with E-state index in [-0.39, 0.29) is 11.6 Å².